The van der Waals surface area contributed by atoms with E-state index in [-0.39, 0.29) is 0 Å². The number of hydrogen-bond acceptors (Lipinski definition) is 4. The molecule has 0 amide bonds. The Morgan fingerprint density at radius 3 is 2.79 bits per heavy atom. The van der Waals surface area contributed by atoms with Crippen LogP contribution < -0.4 is 5.32 Å². The molecule has 1 N–H and O–H groups in total. The Hall–Kier alpha value is -2.40. The third kappa shape index (κ3) is 2.87. The summed E-state index contributed by atoms with van der Waals surface area (Å²) < 4.78 is 1.88. The minimum Gasteiger partial charge on any atom is -0.369 e. The lowest BCUT2D eigenvalue weighted by Crippen LogP contribution is -2.30. The normalized spacial score (nSPS) is 21.4. The van der Waals surface area contributed by atoms with Crippen molar-refractivity contribution >= 4 is 11.5 Å². The molecule has 24 heavy (non-hydrogen) atoms. The summed E-state index contributed by atoms with van der Waals surface area (Å²) in [5.74, 6) is 1.000. The highest BCUT2D eigenvalue weighted by Crippen LogP contribution is 2.30. The Morgan fingerprint density at radius 2 is 2.04 bits per heavy atom. The zero-order valence-electron chi connectivity index (χ0n) is 14.2. The van der Waals surface area contributed by atoms with Crippen LogP contribution in [0.1, 0.15) is 13.3 Å². The quantitative estimate of drug-likeness (QED) is 0.802. The van der Waals surface area contributed by atoms with Crippen LogP contribution in [0.15, 0.2) is 48.7 Å². The topological polar surface area (TPSA) is 45.5 Å². The van der Waals surface area contributed by atoms with E-state index in [0.717, 1.165) is 35.8 Å². The van der Waals surface area contributed by atoms with Crippen molar-refractivity contribution in [2.45, 2.75) is 13.3 Å². The number of nitrogens with one attached hydrogen (secondary N) is 1. The molecule has 4 rings (SSSR count). The van der Waals surface area contributed by atoms with Crippen molar-refractivity contribution in [2.24, 2.45) is 5.41 Å². The van der Waals surface area contributed by atoms with Crippen LogP contribution in [0.2, 0.25) is 0 Å². The van der Waals surface area contributed by atoms with Crippen LogP contribution >= 0.6 is 0 Å². The maximum absolute atomic E-state index is 4.73. The molecule has 0 spiro atoms. The lowest BCUT2D eigenvalue weighted by atomic mass is 9.90. The van der Waals surface area contributed by atoms with Gasteiger partial charge in [-0.25, -0.2) is 4.98 Å². The fraction of sp³-hybridized carbons (Fsp3) is 0.368. The SMILES string of the molecule is CN1CC[C@](C)(CNc2cc(-c3ccccc3)nc3ccnn23)C1. The fourth-order valence-corrected chi connectivity index (χ4v) is 3.51. The van der Waals surface area contributed by atoms with Crippen LogP contribution in [-0.2, 0) is 0 Å². The predicted octanol–water partition coefficient (Wildman–Crippen LogP) is 3.15. The number of likely N-dealkylation sites (tertiary alicyclic amines) is 1. The molecule has 0 unspecified atom stereocenters. The molecule has 0 saturated carbocycles. The van der Waals surface area contributed by atoms with E-state index in [0.29, 0.717) is 5.41 Å². The van der Waals surface area contributed by atoms with E-state index in [4.69, 9.17) is 4.98 Å². The Balaban J connectivity index is 1.65. The third-order valence-corrected chi connectivity index (χ3v) is 4.87. The molecule has 1 aliphatic heterocycles. The number of fused-ring (bicyclic) bond motifs is 1. The standard InChI is InChI=1S/C19H23N5/c1-19(9-11-23(2)14-19)13-20-18-12-16(15-6-4-3-5-7-15)22-17-8-10-21-24(17)18/h3-8,10,12,20H,9,11,13-14H2,1-2H3/t19-/m1/s1. The summed E-state index contributed by atoms with van der Waals surface area (Å²) in [6.07, 6.45) is 3.02. The third-order valence-electron chi connectivity index (χ3n) is 4.87. The molecular formula is C19H23N5. The number of nitrogens with zero attached hydrogens (tertiary/aromatic N) is 4. The summed E-state index contributed by atoms with van der Waals surface area (Å²) in [7, 11) is 2.19. The van der Waals surface area contributed by atoms with Gasteiger partial charge in [-0.2, -0.15) is 9.61 Å². The summed E-state index contributed by atoms with van der Waals surface area (Å²) in [6, 6.07) is 14.3. The minimum atomic E-state index is 0.296. The van der Waals surface area contributed by atoms with E-state index in [1.165, 1.54) is 13.0 Å². The Morgan fingerprint density at radius 1 is 1.21 bits per heavy atom. The highest BCUT2D eigenvalue weighted by Gasteiger charge is 2.31. The van der Waals surface area contributed by atoms with E-state index in [2.05, 4.69) is 47.5 Å². The molecule has 2 aromatic heterocycles. The number of rotatable bonds is 4. The zero-order valence-corrected chi connectivity index (χ0v) is 14.2. The van der Waals surface area contributed by atoms with Crippen molar-refractivity contribution in [3.63, 3.8) is 0 Å². The lowest BCUT2D eigenvalue weighted by molar-refractivity contribution is 0.325. The Kier molecular flexibility index (Phi) is 3.73. The first-order valence-corrected chi connectivity index (χ1v) is 8.46. The van der Waals surface area contributed by atoms with E-state index in [1.54, 1.807) is 6.20 Å². The van der Waals surface area contributed by atoms with Crippen LogP contribution in [0.3, 0.4) is 0 Å². The van der Waals surface area contributed by atoms with Gasteiger partial charge in [0.05, 0.1) is 11.9 Å². The fourth-order valence-electron chi connectivity index (χ4n) is 3.51. The van der Waals surface area contributed by atoms with Gasteiger partial charge in [-0.1, -0.05) is 37.3 Å². The second-order valence-electron chi connectivity index (χ2n) is 7.15. The van der Waals surface area contributed by atoms with Gasteiger partial charge in [-0.15, -0.1) is 0 Å². The van der Waals surface area contributed by atoms with Crippen molar-refractivity contribution in [3.05, 3.63) is 48.7 Å². The molecule has 1 saturated heterocycles. The van der Waals surface area contributed by atoms with Gasteiger partial charge < -0.3 is 10.2 Å². The predicted molar refractivity (Wildman–Crippen MR) is 97.1 cm³/mol. The summed E-state index contributed by atoms with van der Waals surface area (Å²) in [5, 5.41) is 8.04. The first-order chi connectivity index (χ1) is 11.6. The molecule has 0 radical (unpaired) electrons. The molecule has 3 heterocycles. The summed E-state index contributed by atoms with van der Waals surface area (Å²) in [5.41, 5.74) is 3.26. The number of benzene rings is 1. The molecule has 0 bridgehead atoms. The summed E-state index contributed by atoms with van der Waals surface area (Å²) in [6.45, 7) is 5.58. The van der Waals surface area contributed by atoms with Gasteiger partial charge in [-0.05, 0) is 25.4 Å². The van der Waals surface area contributed by atoms with Crippen LogP contribution in [-0.4, -0.2) is 46.2 Å². The van der Waals surface area contributed by atoms with Crippen LogP contribution in [0.25, 0.3) is 16.9 Å². The molecule has 3 aromatic rings. The van der Waals surface area contributed by atoms with Gasteiger partial charge in [0.15, 0.2) is 5.65 Å². The summed E-state index contributed by atoms with van der Waals surface area (Å²) in [4.78, 5) is 7.12. The molecule has 5 heteroatoms. The minimum absolute atomic E-state index is 0.296. The molecule has 124 valence electrons. The molecule has 5 nitrogen and oxygen atoms in total. The van der Waals surface area contributed by atoms with Gasteiger partial charge >= 0.3 is 0 Å². The van der Waals surface area contributed by atoms with E-state index >= 15 is 0 Å². The summed E-state index contributed by atoms with van der Waals surface area (Å²) >= 11 is 0. The van der Waals surface area contributed by atoms with Gasteiger partial charge in [0.1, 0.15) is 5.82 Å². The second kappa shape index (κ2) is 5.91. The zero-order chi connectivity index (χ0) is 16.6. The van der Waals surface area contributed by atoms with Crippen LogP contribution in [0, 0.1) is 5.41 Å². The number of hydrogen-bond donors (Lipinski definition) is 1. The number of anilines is 1. The van der Waals surface area contributed by atoms with Gasteiger partial charge in [0, 0.05) is 30.8 Å². The van der Waals surface area contributed by atoms with Crippen LogP contribution in [0.4, 0.5) is 5.82 Å². The monoisotopic (exact) mass is 321 g/mol. The maximum Gasteiger partial charge on any atom is 0.157 e. The Labute approximate surface area is 142 Å². The van der Waals surface area contributed by atoms with Gasteiger partial charge in [0.25, 0.3) is 0 Å². The highest BCUT2D eigenvalue weighted by molar-refractivity contribution is 5.66. The van der Waals surface area contributed by atoms with Crippen molar-refractivity contribution in [2.75, 3.05) is 32.0 Å². The largest absolute Gasteiger partial charge is 0.369 e. The first-order valence-electron chi connectivity index (χ1n) is 8.46. The highest BCUT2D eigenvalue weighted by atomic mass is 15.3. The van der Waals surface area contributed by atoms with Crippen molar-refractivity contribution in [1.29, 1.82) is 0 Å². The maximum atomic E-state index is 4.73. The first kappa shape index (κ1) is 15.1. The molecule has 0 aliphatic carbocycles. The number of aromatic nitrogens is 3. The molecule has 1 fully saturated rings. The van der Waals surface area contributed by atoms with E-state index in [9.17, 15) is 0 Å². The smallest absolute Gasteiger partial charge is 0.157 e. The van der Waals surface area contributed by atoms with Crippen molar-refractivity contribution < 1.29 is 0 Å². The molecule has 1 atom stereocenters. The molecule has 1 aliphatic rings. The second-order valence-corrected chi connectivity index (χ2v) is 7.15. The van der Waals surface area contributed by atoms with Crippen molar-refractivity contribution in [1.82, 2.24) is 19.5 Å². The average Bonchev–Trinajstić information content (AvgIpc) is 3.20. The van der Waals surface area contributed by atoms with Gasteiger partial charge in [0.2, 0.25) is 0 Å². The average molecular weight is 321 g/mol. The Bertz CT molecular complexity index is 841. The lowest BCUT2D eigenvalue weighted by Gasteiger charge is -2.25. The molecular weight excluding hydrogens is 298 g/mol. The van der Waals surface area contributed by atoms with Crippen LogP contribution in [0.5, 0.6) is 0 Å². The van der Waals surface area contributed by atoms with Crippen molar-refractivity contribution in [3.8, 4) is 11.3 Å². The molecule has 1 aromatic carbocycles. The van der Waals surface area contributed by atoms with Gasteiger partial charge in [-0.3, -0.25) is 0 Å². The van der Waals surface area contributed by atoms with E-state index in [1.807, 2.05) is 28.8 Å². The van der Waals surface area contributed by atoms with E-state index < -0.39 is 0 Å².